The third-order valence-electron chi connectivity index (χ3n) is 3.66. The molecule has 27 heavy (non-hydrogen) atoms. The van der Waals surface area contributed by atoms with Crippen LogP contribution in [0.2, 0.25) is 0 Å². The lowest BCUT2D eigenvalue weighted by Gasteiger charge is -2.10. The monoisotopic (exact) mass is 366 g/mol. The van der Waals surface area contributed by atoms with Crippen LogP contribution in [-0.4, -0.2) is 45.4 Å². The van der Waals surface area contributed by atoms with Gasteiger partial charge in [-0.05, 0) is 18.6 Å². The topological polar surface area (TPSA) is 94.0 Å². The van der Waals surface area contributed by atoms with Crippen LogP contribution in [0, 0.1) is 6.92 Å². The van der Waals surface area contributed by atoms with Crippen molar-refractivity contribution in [3.05, 3.63) is 66.2 Å². The summed E-state index contributed by atoms with van der Waals surface area (Å²) in [6.45, 7) is 3.28. The van der Waals surface area contributed by atoms with Crippen molar-refractivity contribution in [3.63, 3.8) is 0 Å². The average Bonchev–Trinajstić information content (AvgIpc) is 3.21. The van der Waals surface area contributed by atoms with Gasteiger partial charge in [0.1, 0.15) is 18.2 Å². The maximum absolute atomic E-state index is 11.8. The van der Waals surface area contributed by atoms with E-state index in [1.807, 2.05) is 55.6 Å². The van der Waals surface area contributed by atoms with Gasteiger partial charge in [0, 0.05) is 31.5 Å². The highest BCUT2D eigenvalue weighted by atomic mass is 16.5. The number of carbonyl (C=O) groups excluding carboxylic acids is 1. The van der Waals surface area contributed by atoms with Crippen molar-refractivity contribution in [1.29, 1.82) is 0 Å². The first-order valence-electron chi connectivity index (χ1n) is 8.68. The lowest BCUT2D eigenvalue weighted by Crippen LogP contribution is -2.31. The summed E-state index contributed by atoms with van der Waals surface area (Å²) in [7, 11) is 0. The lowest BCUT2D eigenvalue weighted by atomic mass is 10.2. The smallest absolute Gasteiger partial charge is 0.246 e. The van der Waals surface area contributed by atoms with Gasteiger partial charge in [-0.25, -0.2) is 14.6 Å². The number of amides is 1. The molecule has 8 nitrogen and oxygen atoms in total. The summed E-state index contributed by atoms with van der Waals surface area (Å²) in [6, 6.07) is 13.4. The molecule has 0 radical (unpaired) electrons. The zero-order valence-electron chi connectivity index (χ0n) is 15.1. The molecule has 0 unspecified atom stereocenters. The fourth-order valence-electron chi connectivity index (χ4n) is 2.44. The normalized spacial score (nSPS) is 10.6. The van der Waals surface area contributed by atoms with E-state index in [2.05, 4.69) is 25.7 Å². The van der Waals surface area contributed by atoms with Crippen molar-refractivity contribution in [2.45, 2.75) is 13.5 Å². The summed E-state index contributed by atoms with van der Waals surface area (Å²) >= 11 is 0. The van der Waals surface area contributed by atoms with E-state index in [9.17, 15) is 4.79 Å². The van der Waals surface area contributed by atoms with Crippen LogP contribution in [0.25, 0.3) is 5.82 Å². The van der Waals surface area contributed by atoms with E-state index >= 15 is 0 Å². The minimum atomic E-state index is -0.149. The molecule has 0 saturated heterocycles. The van der Waals surface area contributed by atoms with E-state index < -0.39 is 0 Å². The Hall–Kier alpha value is -3.26. The number of nitrogens with zero attached hydrogens (tertiary/aromatic N) is 4. The molecule has 3 rings (SSSR count). The van der Waals surface area contributed by atoms with E-state index in [0.29, 0.717) is 37.2 Å². The van der Waals surface area contributed by atoms with Gasteiger partial charge in [-0.3, -0.25) is 4.79 Å². The molecule has 0 aliphatic heterocycles. The summed E-state index contributed by atoms with van der Waals surface area (Å²) in [6.07, 6.45) is 3.52. The molecule has 140 valence electrons. The molecule has 0 spiro atoms. The summed E-state index contributed by atoms with van der Waals surface area (Å²) < 4.78 is 7.08. The Kier molecular flexibility index (Phi) is 6.48. The van der Waals surface area contributed by atoms with Gasteiger partial charge in [-0.1, -0.05) is 30.3 Å². The molecule has 0 saturated carbocycles. The van der Waals surface area contributed by atoms with Crippen molar-refractivity contribution < 1.29 is 9.53 Å². The summed E-state index contributed by atoms with van der Waals surface area (Å²) in [5.74, 6) is 1.86. The zero-order valence-corrected chi connectivity index (χ0v) is 15.1. The summed E-state index contributed by atoms with van der Waals surface area (Å²) in [5, 5.41) is 10.2. The first kappa shape index (κ1) is 18.5. The molecule has 1 amide bonds. The van der Waals surface area contributed by atoms with Gasteiger partial charge in [0.15, 0.2) is 5.82 Å². The molecular weight excluding hydrogens is 344 g/mol. The van der Waals surface area contributed by atoms with Crippen LogP contribution < -0.4 is 10.6 Å². The Balaban J connectivity index is 1.38. The molecular formula is C19H22N6O2. The second-order valence-corrected chi connectivity index (χ2v) is 5.86. The highest BCUT2D eigenvalue weighted by molar-refractivity contribution is 5.77. The van der Waals surface area contributed by atoms with E-state index in [1.54, 1.807) is 10.9 Å². The highest BCUT2D eigenvalue weighted by Crippen LogP contribution is 2.09. The van der Waals surface area contributed by atoms with Crippen LogP contribution in [-0.2, 0) is 16.1 Å². The van der Waals surface area contributed by atoms with E-state index in [-0.39, 0.29) is 12.5 Å². The number of benzene rings is 1. The molecule has 0 fully saturated rings. The quantitative estimate of drug-likeness (QED) is 0.560. The number of aryl methyl sites for hydroxylation is 1. The number of anilines is 1. The Morgan fingerprint density at radius 2 is 2.00 bits per heavy atom. The van der Waals surface area contributed by atoms with Crippen LogP contribution >= 0.6 is 0 Å². The van der Waals surface area contributed by atoms with Crippen LogP contribution in [0.4, 0.5) is 5.82 Å². The van der Waals surface area contributed by atoms with Crippen LogP contribution in [0.3, 0.4) is 0 Å². The number of hydrogen-bond donors (Lipinski definition) is 2. The highest BCUT2D eigenvalue weighted by Gasteiger charge is 2.05. The first-order chi connectivity index (χ1) is 13.2. The summed E-state index contributed by atoms with van der Waals surface area (Å²) in [5.41, 5.74) is 1.04. The third-order valence-corrected chi connectivity index (χ3v) is 3.66. The minimum Gasteiger partial charge on any atom is -0.368 e. The van der Waals surface area contributed by atoms with Crippen LogP contribution in [0.5, 0.6) is 0 Å². The number of hydrogen-bond acceptors (Lipinski definition) is 6. The number of rotatable bonds is 9. The predicted octanol–water partition coefficient (Wildman–Crippen LogP) is 1.72. The fourth-order valence-corrected chi connectivity index (χ4v) is 2.44. The molecule has 2 aromatic heterocycles. The predicted molar refractivity (Wildman–Crippen MR) is 101 cm³/mol. The maximum Gasteiger partial charge on any atom is 0.246 e. The van der Waals surface area contributed by atoms with Crippen molar-refractivity contribution in [2.24, 2.45) is 0 Å². The molecule has 0 aliphatic rings. The number of carbonyl (C=O) groups is 1. The number of nitrogens with one attached hydrogen (secondary N) is 2. The molecule has 3 aromatic rings. The standard InChI is InChI=1S/C19H22N6O2/c1-15-23-17(12-18(24-15)25-11-5-8-22-25)20-9-10-21-19(26)14-27-13-16-6-3-2-4-7-16/h2-8,11-12H,9-10,13-14H2,1H3,(H,21,26)(H,20,23,24). The number of aromatic nitrogens is 4. The Morgan fingerprint density at radius 3 is 2.78 bits per heavy atom. The largest absolute Gasteiger partial charge is 0.368 e. The van der Waals surface area contributed by atoms with Gasteiger partial charge in [-0.15, -0.1) is 0 Å². The SMILES string of the molecule is Cc1nc(NCCNC(=O)COCc2ccccc2)cc(-n2cccn2)n1. The van der Waals surface area contributed by atoms with E-state index in [4.69, 9.17) is 4.74 Å². The molecule has 1 aromatic carbocycles. The average molecular weight is 366 g/mol. The van der Waals surface area contributed by atoms with Gasteiger partial charge < -0.3 is 15.4 Å². The molecule has 0 aliphatic carbocycles. The number of ether oxygens (including phenoxy) is 1. The molecule has 0 atom stereocenters. The second kappa shape index (κ2) is 9.44. The molecule has 2 N–H and O–H groups in total. The van der Waals surface area contributed by atoms with Crippen molar-refractivity contribution in [1.82, 2.24) is 25.1 Å². The van der Waals surface area contributed by atoms with Gasteiger partial charge >= 0.3 is 0 Å². The summed E-state index contributed by atoms with van der Waals surface area (Å²) in [4.78, 5) is 20.5. The van der Waals surface area contributed by atoms with Crippen molar-refractivity contribution in [2.75, 3.05) is 25.0 Å². The van der Waals surface area contributed by atoms with Gasteiger partial charge in [0.25, 0.3) is 0 Å². The third kappa shape index (κ3) is 5.89. The van der Waals surface area contributed by atoms with Crippen molar-refractivity contribution in [3.8, 4) is 5.82 Å². The maximum atomic E-state index is 11.8. The van der Waals surface area contributed by atoms with Crippen LogP contribution in [0.15, 0.2) is 54.9 Å². The zero-order chi connectivity index (χ0) is 18.9. The molecule has 2 heterocycles. The van der Waals surface area contributed by atoms with Crippen LogP contribution in [0.1, 0.15) is 11.4 Å². The minimum absolute atomic E-state index is 0.0327. The fraction of sp³-hybridized carbons (Fsp3) is 0.263. The second-order valence-electron chi connectivity index (χ2n) is 5.86. The van der Waals surface area contributed by atoms with Gasteiger partial charge in [0.2, 0.25) is 5.91 Å². The molecule has 0 bridgehead atoms. The first-order valence-corrected chi connectivity index (χ1v) is 8.68. The van der Waals surface area contributed by atoms with Crippen molar-refractivity contribution >= 4 is 11.7 Å². The Bertz CT molecular complexity index is 852. The molecule has 8 heteroatoms. The van der Waals surface area contributed by atoms with Gasteiger partial charge in [0.05, 0.1) is 6.61 Å². The van der Waals surface area contributed by atoms with E-state index in [1.165, 1.54) is 0 Å². The lowest BCUT2D eigenvalue weighted by molar-refractivity contribution is -0.126. The Labute approximate surface area is 157 Å². The van der Waals surface area contributed by atoms with Gasteiger partial charge in [-0.2, -0.15) is 5.10 Å². The Morgan fingerprint density at radius 1 is 1.15 bits per heavy atom. The van der Waals surface area contributed by atoms with E-state index in [0.717, 1.165) is 5.56 Å².